The summed E-state index contributed by atoms with van der Waals surface area (Å²) >= 11 is 1.11. The van der Waals surface area contributed by atoms with Crippen LogP contribution < -0.4 is 16.2 Å². The molecule has 0 amide bonds. The zero-order valence-electron chi connectivity index (χ0n) is 17.8. The van der Waals surface area contributed by atoms with Gasteiger partial charge < -0.3 is 20.6 Å². The molecule has 0 unspecified atom stereocenters. The Morgan fingerprint density at radius 2 is 2.00 bits per heavy atom. The molecule has 0 bridgehead atoms. The van der Waals surface area contributed by atoms with Gasteiger partial charge in [0.15, 0.2) is 11.4 Å². The van der Waals surface area contributed by atoms with Crippen LogP contribution in [0.3, 0.4) is 0 Å². The lowest BCUT2D eigenvalue weighted by Gasteiger charge is -2.25. The van der Waals surface area contributed by atoms with Crippen LogP contribution in [0.2, 0.25) is 0 Å². The van der Waals surface area contributed by atoms with Gasteiger partial charge in [-0.3, -0.25) is 9.82 Å². The summed E-state index contributed by atoms with van der Waals surface area (Å²) in [7, 11) is 1.82. The van der Waals surface area contributed by atoms with Gasteiger partial charge in [-0.05, 0) is 55.8 Å². The molecule has 32 heavy (non-hydrogen) atoms. The van der Waals surface area contributed by atoms with Crippen molar-refractivity contribution >= 4 is 34.4 Å². The summed E-state index contributed by atoms with van der Waals surface area (Å²) < 4.78 is 8.28. The van der Waals surface area contributed by atoms with Crippen molar-refractivity contribution in [1.29, 1.82) is 0 Å². The minimum absolute atomic E-state index is 0.188. The molecule has 0 atom stereocenters. The van der Waals surface area contributed by atoms with Crippen molar-refractivity contribution in [3.05, 3.63) is 42.9 Å². The Bertz CT molecular complexity index is 1260. The average molecular weight is 451 g/mol. The predicted molar refractivity (Wildman–Crippen MR) is 128 cm³/mol. The zero-order chi connectivity index (χ0) is 22.2. The molecule has 1 fully saturated rings. The van der Waals surface area contributed by atoms with Crippen LogP contribution in [0.15, 0.2) is 52.2 Å². The van der Waals surface area contributed by atoms with Gasteiger partial charge in [0.05, 0.1) is 23.2 Å². The molecule has 1 aliphatic rings. The summed E-state index contributed by atoms with van der Waals surface area (Å²) in [5.41, 5.74) is 10.2. The fourth-order valence-electron chi connectivity index (χ4n) is 4.45. The van der Waals surface area contributed by atoms with Crippen molar-refractivity contribution in [1.82, 2.24) is 14.8 Å². The van der Waals surface area contributed by atoms with Crippen molar-refractivity contribution in [3.8, 4) is 22.5 Å². The molecular formula is C23H26N6O2S. The van der Waals surface area contributed by atoms with Crippen molar-refractivity contribution in [2.75, 3.05) is 18.1 Å². The predicted octanol–water partition coefficient (Wildman–Crippen LogP) is 4.42. The Balaban J connectivity index is 1.59. The van der Waals surface area contributed by atoms with E-state index in [1.807, 2.05) is 48.4 Å². The normalized spacial score (nSPS) is 18.8. The van der Waals surface area contributed by atoms with Crippen LogP contribution in [0.5, 0.6) is 0 Å². The summed E-state index contributed by atoms with van der Waals surface area (Å²) in [6, 6.07) is 7.98. The van der Waals surface area contributed by atoms with Crippen molar-refractivity contribution in [2.45, 2.75) is 42.7 Å². The molecule has 0 radical (unpaired) electrons. The number of benzene rings is 1. The van der Waals surface area contributed by atoms with E-state index in [1.54, 1.807) is 0 Å². The summed E-state index contributed by atoms with van der Waals surface area (Å²) in [6.07, 6.45) is 9.08. The number of aromatic nitrogens is 3. The molecule has 0 aliphatic heterocycles. The van der Waals surface area contributed by atoms with Gasteiger partial charge in [-0.2, -0.15) is 5.10 Å². The highest BCUT2D eigenvalue weighted by atomic mass is 32.2. The Labute approximate surface area is 190 Å². The molecule has 1 aliphatic carbocycles. The summed E-state index contributed by atoms with van der Waals surface area (Å²) in [5, 5.41) is 24.4. The third-order valence-electron chi connectivity index (χ3n) is 6.18. The first-order valence-corrected chi connectivity index (χ1v) is 11.6. The molecule has 4 aromatic rings. The molecule has 0 saturated heterocycles. The van der Waals surface area contributed by atoms with Crippen LogP contribution >= 0.6 is 11.9 Å². The molecule has 8 nitrogen and oxygen atoms in total. The maximum Gasteiger partial charge on any atom is 0.177 e. The highest BCUT2D eigenvalue weighted by Gasteiger charge is 2.23. The standard InChI is InChI=1S/C23H26N6O2S/c1-26-23-21-17(9-20(31-21)16-3-2-4-19(24)22(16)32-25)18(11-27-23)13-10-28-29(12-13)14-5-7-15(30)8-6-14/h2-4,9-12,14-15,30H,5-8,24-25H2,1H3,(H,26,27). The van der Waals surface area contributed by atoms with E-state index in [2.05, 4.69) is 21.6 Å². The smallest absolute Gasteiger partial charge is 0.177 e. The summed E-state index contributed by atoms with van der Waals surface area (Å²) in [6.45, 7) is 0. The zero-order valence-corrected chi connectivity index (χ0v) is 18.6. The van der Waals surface area contributed by atoms with Crippen molar-refractivity contribution in [3.63, 3.8) is 0 Å². The van der Waals surface area contributed by atoms with Crippen molar-refractivity contribution < 1.29 is 9.52 Å². The number of fused-ring (bicyclic) bond motifs is 1. The second-order valence-corrected chi connectivity index (χ2v) is 8.78. The van der Waals surface area contributed by atoms with E-state index in [0.717, 1.165) is 64.6 Å². The first kappa shape index (κ1) is 20.9. The van der Waals surface area contributed by atoms with E-state index in [0.29, 0.717) is 28.9 Å². The van der Waals surface area contributed by atoms with Gasteiger partial charge in [-0.15, -0.1) is 0 Å². The van der Waals surface area contributed by atoms with Gasteiger partial charge in [-0.25, -0.2) is 4.98 Å². The number of nitrogens with two attached hydrogens (primary N) is 2. The summed E-state index contributed by atoms with van der Waals surface area (Å²) in [5.74, 6) is 1.34. The van der Waals surface area contributed by atoms with Gasteiger partial charge >= 0.3 is 0 Å². The highest BCUT2D eigenvalue weighted by molar-refractivity contribution is 7.97. The van der Waals surface area contributed by atoms with Crippen LogP contribution in [-0.2, 0) is 0 Å². The lowest BCUT2D eigenvalue weighted by molar-refractivity contribution is 0.108. The SMILES string of the molecule is CNc1ncc(-c2cnn(C3CCC(O)CC3)c2)c2cc(-c3cccc(N)c3SN)oc12. The maximum atomic E-state index is 9.80. The molecule has 9 heteroatoms. The molecule has 5 rings (SSSR count). The van der Waals surface area contributed by atoms with Crippen LogP contribution in [-0.4, -0.2) is 33.0 Å². The number of nitrogens with one attached hydrogen (secondary N) is 1. The molecule has 0 spiro atoms. The molecule has 1 saturated carbocycles. The number of nitrogens with zero attached hydrogens (tertiary/aromatic N) is 3. The largest absolute Gasteiger partial charge is 0.452 e. The number of hydrogen-bond acceptors (Lipinski definition) is 8. The van der Waals surface area contributed by atoms with Crippen LogP contribution in [0.25, 0.3) is 33.4 Å². The molecule has 166 valence electrons. The molecular weight excluding hydrogens is 424 g/mol. The van der Waals surface area contributed by atoms with Crippen LogP contribution in [0.1, 0.15) is 31.7 Å². The lowest BCUT2D eigenvalue weighted by atomic mass is 9.93. The van der Waals surface area contributed by atoms with Gasteiger partial charge in [0, 0.05) is 47.2 Å². The van der Waals surface area contributed by atoms with E-state index in [4.69, 9.17) is 15.3 Å². The van der Waals surface area contributed by atoms with E-state index < -0.39 is 0 Å². The van der Waals surface area contributed by atoms with Crippen molar-refractivity contribution in [2.24, 2.45) is 5.14 Å². The molecule has 3 heterocycles. The van der Waals surface area contributed by atoms with Gasteiger partial charge in [-0.1, -0.05) is 6.07 Å². The fraction of sp³-hybridized carbons (Fsp3) is 0.304. The first-order valence-electron chi connectivity index (χ1n) is 10.7. The number of anilines is 2. The second-order valence-electron chi connectivity index (χ2n) is 8.14. The fourth-order valence-corrected chi connectivity index (χ4v) is 4.94. The van der Waals surface area contributed by atoms with E-state index >= 15 is 0 Å². The number of nitrogen functional groups attached to an aromatic ring is 1. The third kappa shape index (κ3) is 3.62. The number of aliphatic hydroxyl groups excluding tert-OH is 1. The number of furan rings is 1. The van der Waals surface area contributed by atoms with E-state index in [1.165, 1.54) is 0 Å². The number of aliphatic hydroxyl groups is 1. The Morgan fingerprint density at radius 3 is 2.75 bits per heavy atom. The van der Waals surface area contributed by atoms with Gasteiger partial charge in [0.25, 0.3) is 0 Å². The van der Waals surface area contributed by atoms with Crippen LogP contribution in [0.4, 0.5) is 11.5 Å². The maximum absolute atomic E-state index is 9.80. The highest BCUT2D eigenvalue weighted by Crippen LogP contribution is 2.41. The van der Waals surface area contributed by atoms with Crippen LogP contribution in [0, 0.1) is 0 Å². The monoisotopic (exact) mass is 450 g/mol. The lowest BCUT2D eigenvalue weighted by Crippen LogP contribution is -2.21. The van der Waals surface area contributed by atoms with E-state index in [9.17, 15) is 5.11 Å². The number of pyridine rings is 1. The number of hydrogen-bond donors (Lipinski definition) is 4. The number of rotatable bonds is 5. The Morgan fingerprint density at radius 1 is 1.19 bits per heavy atom. The molecule has 1 aromatic carbocycles. The Kier molecular flexibility index (Phi) is 5.54. The topological polar surface area (TPSA) is 128 Å². The second kappa shape index (κ2) is 8.50. The quantitative estimate of drug-likeness (QED) is 0.260. The average Bonchev–Trinajstić information content (AvgIpc) is 3.47. The minimum atomic E-state index is -0.188. The summed E-state index contributed by atoms with van der Waals surface area (Å²) in [4.78, 5) is 5.35. The molecule has 3 aromatic heterocycles. The minimum Gasteiger partial charge on any atom is -0.452 e. The molecule has 6 N–H and O–H groups in total. The van der Waals surface area contributed by atoms with Gasteiger partial charge in [0.1, 0.15) is 5.76 Å². The van der Waals surface area contributed by atoms with E-state index in [-0.39, 0.29) is 6.10 Å². The first-order chi connectivity index (χ1) is 15.6. The van der Waals surface area contributed by atoms with Gasteiger partial charge in [0.2, 0.25) is 0 Å². The Hall–Kier alpha value is -3.01. The third-order valence-corrected chi connectivity index (χ3v) is 6.87.